The summed E-state index contributed by atoms with van der Waals surface area (Å²) in [6, 6.07) is 23.0. The summed E-state index contributed by atoms with van der Waals surface area (Å²) in [6.45, 7) is 4.31. The Hall–Kier alpha value is -3.67. The van der Waals surface area contributed by atoms with Gasteiger partial charge in [0, 0.05) is 5.56 Å². The van der Waals surface area contributed by atoms with Crippen molar-refractivity contribution in [3.05, 3.63) is 89.5 Å². The molecule has 4 aromatic rings. The summed E-state index contributed by atoms with van der Waals surface area (Å²) in [5, 5.41) is 11.7. The fourth-order valence-electron chi connectivity index (χ4n) is 3.38. The van der Waals surface area contributed by atoms with Crippen molar-refractivity contribution in [2.75, 3.05) is 7.11 Å². The first-order chi connectivity index (χ1) is 14.6. The third-order valence-electron chi connectivity index (χ3n) is 5.16. The number of amides is 1. The Labute approximate surface area is 175 Å². The number of hydrogen-bond donors (Lipinski definition) is 1. The molecule has 30 heavy (non-hydrogen) atoms. The average molecular weight is 400 g/mol. The van der Waals surface area contributed by atoms with Crippen molar-refractivity contribution >= 4 is 16.9 Å². The molecule has 6 heteroatoms. The Balaban J connectivity index is 1.72. The highest BCUT2D eigenvalue weighted by atomic mass is 16.5. The van der Waals surface area contributed by atoms with E-state index in [1.807, 2.05) is 36.4 Å². The molecule has 0 bridgehead atoms. The van der Waals surface area contributed by atoms with Gasteiger partial charge in [0.1, 0.15) is 11.3 Å². The van der Waals surface area contributed by atoms with Crippen LogP contribution < -0.4 is 10.1 Å². The number of hydrogen-bond acceptors (Lipinski definition) is 4. The van der Waals surface area contributed by atoms with Gasteiger partial charge in [0.15, 0.2) is 6.17 Å². The molecule has 0 spiro atoms. The molecule has 1 amide bonds. The summed E-state index contributed by atoms with van der Waals surface area (Å²) in [5.41, 5.74) is 4.34. The maximum Gasteiger partial charge on any atom is 0.253 e. The van der Waals surface area contributed by atoms with Gasteiger partial charge in [-0.05, 0) is 53.4 Å². The molecule has 0 aliphatic carbocycles. The van der Waals surface area contributed by atoms with Crippen LogP contribution in [0.3, 0.4) is 0 Å². The number of fused-ring (bicyclic) bond motifs is 1. The minimum Gasteiger partial charge on any atom is -0.497 e. The van der Waals surface area contributed by atoms with E-state index in [1.54, 1.807) is 36.1 Å². The van der Waals surface area contributed by atoms with Crippen LogP contribution >= 0.6 is 0 Å². The van der Waals surface area contributed by atoms with Crippen LogP contribution in [0.15, 0.2) is 72.8 Å². The first-order valence-electron chi connectivity index (χ1n) is 9.91. The normalized spacial score (nSPS) is 12.1. The molecule has 0 aliphatic rings. The Kier molecular flexibility index (Phi) is 5.48. The minimum absolute atomic E-state index is 0.199. The summed E-state index contributed by atoms with van der Waals surface area (Å²) in [7, 11) is 1.60. The van der Waals surface area contributed by atoms with Crippen molar-refractivity contribution in [3.8, 4) is 5.75 Å². The van der Waals surface area contributed by atoms with E-state index in [9.17, 15) is 4.79 Å². The molecular weight excluding hydrogens is 376 g/mol. The van der Waals surface area contributed by atoms with Crippen molar-refractivity contribution < 1.29 is 9.53 Å². The zero-order valence-corrected chi connectivity index (χ0v) is 17.2. The molecule has 0 unspecified atom stereocenters. The molecule has 0 fully saturated rings. The quantitative estimate of drug-likeness (QED) is 0.516. The van der Waals surface area contributed by atoms with E-state index >= 15 is 0 Å². The Bertz CT molecular complexity index is 1150. The van der Waals surface area contributed by atoms with E-state index in [2.05, 4.69) is 41.6 Å². The third-order valence-corrected chi connectivity index (χ3v) is 5.16. The van der Waals surface area contributed by atoms with Crippen LogP contribution in [0, 0.1) is 0 Å². The first kappa shape index (κ1) is 19.6. The van der Waals surface area contributed by atoms with Gasteiger partial charge in [-0.2, -0.15) is 0 Å². The smallest absolute Gasteiger partial charge is 0.253 e. The van der Waals surface area contributed by atoms with Crippen molar-refractivity contribution in [1.82, 2.24) is 20.3 Å². The second kappa shape index (κ2) is 8.37. The fourth-order valence-corrected chi connectivity index (χ4v) is 3.38. The largest absolute Gasteiger partial charge is 0.497 e. The van der Waals surface area contributed by atoms with Crippen LogP contribution in [0.1, 0.15) is 47.4 Å². The number of nitrogens with zero attached hydrogens (tertiary/aromatic N) is 3. The number of aromatic nitrogens is 3. The zero-order valence-electron chi connectivity index (χ0n) is 17.2. The lowest BCUT2D eigenvalue weighted by Gasteiger charge is -2.21. The Morgan fingerprint density at radius 2 is 1.60 bits per heavy atom. The fraction of sp³-hybridized carbons (Fsp3) is 0.208. The molecule has 1 heterocycles. The highest BCUT2D eigenvalue weighted by Crippen LogP contribution is 2.23. The van der Waals surface area contributed by atoms with Gasteiger partial charge in [-0.3, -0.25) is 4.79 Å². The molecular formula is C24H24N4O2. The number of rotatable bonds is 6. The van der Waals surface area contributed by atoms with Gasteiger partial charge in [0.25, 0.3) is 5.91 Å². The summed E-state index contributed by atoms with van der Waals surface area (Å²) >= 11 is 0. The highest BCUT2D eigenvalue weighted by molar-refractivity contribution is 5.94. The molecule has 4 rings (SSSR count). The standard InChI is InChI=1S/C24H24N4O2/c1-16(2)17-8-10-18(11-9-17)23(28-22-7-5-4-6-21(22)26-27-28)25-24(29)19-12-14-20(30-3)15-13-19/h4-16,23H,1-3H3,(H,25,29)/t23-/m0/s1. The van der Waals surface area contributed by atoms with Gasteiger partial charge in [-0.1, -0.05) is 55.5 Å². The molecule has 1 aromatic heterocycles. The second-order valence-electron chi connectivity index (χ2n) is 7.45. The number of benzene rings is 3. The molecule has 1 N–H and O–H groups in total. The summed E-state index contributed by atoms with van der Waals surface area (Å²) in [6.07, 6.45) is -0.492. The SMILES string of the molecule is COc1ccc(C(=O)N[C@H](c2ccc(C(C)C)cc2)n2nnc3ccccc32)cc1. The first-order valence-corrected chi connectivity index (χ1v) is 9.91. The minimum atomic E-state index is -0.492. The monoisotopic (exact) mass is 400 g/mol. The van der Waals surface area contributed by atoms with E-state index in [0.29, 0.717) is 17.2 Å². The Morgan fingerprint density at radius 1 is 0.933 bits per heavy atom. The number of methoxy groups -OCH3 is 1. The summed E-state index contributed by atoms with van der Waals surface area (Å²) < 4.78 is 6.93. The maximum absolute atomic E-state index is 13.0. The van der Waals surface area contributed by atoms with Gasteiger partial charge in [-0.25, -0.2) is 4.68 Å². The van der Waals surface area contributed by atoms with E-state index < -0.39 is 6.17 Å². The molecule has 0 saturated carbocycles. The predicted octanol–water partition coefficient (Wildman–Crippen LogP) is 4.54. The molecule has 0 radical (unpaired) electrons. The van der Waals surface area contributed by atoms with Crippen LogP contribution in [0.5, 0.6) is 5.75 Å². The summed E-state index contributed by atoms with van der Waals surface area (Å²) in [4.78, 5) is 13.0. The summed E-state index contributed by atoms with van der Waals surface area (Å²) in [5.74, 6) is 0.934. The molecule has 152 valence electrons. The van der Waals surface area contributed by atoms with Crippen LogP contribution in [-0.4, -0.2) is 28.0 Å². The van der Waals surface area contributed by atoms with Crippen molar-refractivity contribution in [2.45, 2.75) is 25.9 Å². The van der Waals surface area contributed by atoms with Gasteiger partial charge < -0.3 is 10.1 Å². The van der Waals surface area contributed by atoms with Gasteiger partial charge in [0.2, 0.25) is 0 Å². The van der Waals surface area contributed by atoms with Crippen LogP contribution in [0.2, 0.25) is 0 Å². The third kappa shape index (κ3) is 3.89. The molecule has 0 aliphatic heterocycles. The van der Waals surface area contributed by atoms with E-state index in [1.165, 1.54) is 5.56 Å². The van der Waals surface area contributed by atoms with Crippen LogP contribution in [0.25, 0.3) is 11.0 Å². The topological polar surface area (TPSA) is 69.0 Å². The maximum atomic E-state index is 13.0. The highest BCUT2D eigenvalue weighted by Gasteiger charge is 2.21. The van der Waals surface area contributed by atoms with Crippen LogP contribution in [-0.2, 0) is 0 Å². The predicted molar refractivity (Wildman–Crippen MR) is 117 cm³/mol. The van der Waals surface area contributed by atoms with E-state index in [4.69, 9.17) is 4.74 Å². The second-order valence-corrected chi connectivity index (χ2v) is 7.45. The number of carbonyl (C=O) groups is 1. The van der Waals surface area contributed by atoms with Crippen LogP contribution in [0.4, 0.5) is 0 Å². The molecule has 0 saturated heterocycles. The lowest BCUT2D eigenvalue weighted by molar-refractivity contribution is 0.0927. The van der Waals surface area contributed by atoms with Gasteiger partial charge >= 0.3 is 0 Å². The van der Waals surface area contributed by atoms with Crippen molar-refractivity contribution in [3.63, 3.8) is 0 Å². The number of carbonyl (C=O) groups excluding carboxylic acids is 1. The van der Waals surface area contributed by atoms with Crippen molar-refractivity contribution in [2.24, 2.45) is 0 Å². The van der Waals surface area contributed by atoms with E-state index in [0.717, 1.165) is 16.6 Å². The van der Waals surface area contributed by atoms with E-state index in [-0.39, 0.29) is 5.91 Å². The lowest BCUT2D eigenvalue weighted by atomic mass is 10.0. The zero-order chi connectivity index (χ0) is 21.1. The molecule has 6 nitrogen and oxygen atoms in total. The molecule has 3 aromatic carbocycles. The molecule has 1 atom stereocenters. The number of nitrogens with one attached hydrogen (secondary N) is 1. The van der Waals surface area contributed by atoms with Gasteiger partial charge in [0.05, 0.1) is 12.6 Å². The van der Waals surface area contributed by atoms with Gasteiger partial charge in [-0.15, -0.1) is 5.10 Å². The number of para-hydroxylation sites is 1. The average Bonchev–Trinajstić information content (AvgIpc) is 3.21. The number of ether oxygens (including phenoxy) is 1. The Morgan fingerprint density at radius 3 is 2.27 bits per heavy atom. The lowest BCUT2D eigenvalue weighted by Crippen LogP contribution is -2.34. The van der Waals surface area contributed by atoms with Crippen molar-refractivity contribution in [1.29, 1.82) is 0 Å².